The Morgan fingerprint density at radius 2 is 2.06 bits per heavy atom. The molecule has 1 saturated heterocycles. The SMILES string of the molecule is CC(Oc1ccc(NC(=O)C(C)N2CCC(F)(F)[C@@H](c3ccc(=O)[nH]c3)C2)nc1)C1CC1. The summed E-state index contributed by atoms with van der Waals surface area (Å²) in [6.45, 7) is 3.84. The van der Waals surface area contributed by atoms with Gasteiger partial charge in [-0.15, -0.1) is 0 Å². The number of ether oxygens (including phenoxy) is 1. The Kier molecular flexibility index (Phi) is 6.28. The fraction of sp³-hybridized carbons (Fsp3) is 0.522. The van der Waals surface area contributed by atoms with Gasteiger partial charge in [0.05, 0.1) is 24.3 Å². The Morgan fingerprint density at radius 3 is 2.69 bits per heavy atom. The number of hydrogen-bond donors (Lipinski definition) is 2. The fourth-order valence-electron chi connectivity index (χ4n) is 4.06. The molecule has 2 aromatic heterocycles. The van der Waals surface area contributed by atoms with E-state index in [-0.39, 0.29) is 37.1 Å². The van der Waals surface area contributed by atoms with E-state index in [1.54, 1.807) is 30.2 Å². The van der Waals surface area contributed by atoms with Gasteiger partial charge in [-0.1, -0.05) is 6.07 Å². The predicted octanol–water partition coefficient (Wildman–Crippen LogP) is 3.40. The van der Waals surface area contributed by atoms with Crippen molar-refractivity contribution in [3.63, 3.8) is 0 Å². The second-order valence-corrected chi connectivity index (χ2v) is 8.75. The van der Waals surface area contributed by atoms with Crippen LogP contribution in [-0.4, -0.2) is 51.9 Å². The number of nitrogens with zero attached hydrogens (tertiary/aromatic N) is 2. The Balaban J connectivity index is 1.37. The van der Waals surface area contributed by atoms with E-state index in [1.165, 1.54) is 31.2 Å². The third-order valence-electron chi connectivity index (χ3n) is 6.39. The first-order chi connectivity index (χ1) is 15.2. The van der Waals surface area contributed by atoms with Gasteiger partial charge in [-0.25, -0.2) is 13.8 Å². The highest BCUT2D eigenvalue weighted by atomic mass is 19.3. The van der Waals surface area contributed by atoms with Crippen molar-refractivity contribution in [1.82, 2.24) is 14.9 Å². The van der Waals surface area contributed by atoms with Gasteiger partial charge in [0.25, 0.3) is 5.92 Å². The van der Waals surface area contributed by atoms with E-state index in [0.29, 0.717) is 23.0 Å². The first-order valence-corrected chi connectivity index (χ1v) is 11.0. The normalized spacial score (nSPS) is 22.7. The molecule has 9 heteroatoms. The summed E-state index contributed by atoms with van der Waals surface area (Å²) in [6, 6.07) is 5.48. The molecule has 32 heavy (non-hydrogen) atoms. The van der Waals surface area contributed by atoms with Crippen LogP contribution >= 0.6 is 0 Å². The van der Waals surface area contributed by atoms with Crippen molar-refractivity contribution in [1.29, 1.82) is 0 Å². The highest BCUT2D eigenvalue weighted by Crippen LogP contribution is 2.40. The number of H-pyrrole nitrogens is 1. The highest BCUT2D eigenvalue weighted by molar-refractivity contribution is 5.93. The van der Waals surface area contributed by atoms with E-state index in [0.717, 1.165) is 0 Å². The number of carbonyl (C=O) groups excluding carboxylic acids is 1. The van der Waals surface area contributed by atoms with Crippen LogP contribution in [-0.2, 0) is 4.79 Å². The minimum absolute atomic E-state index is 0.00684. The number of alkyl halides is 2. The molecule has 7 nitrogen and oxygen atoms in total. The van der Waals surface area contributed by atoms with Crippen molar-refractivity contribution >= 4 is 11.7 Å². The van der Waals surface area contributed by atoms with Gasteiger partial charge >= 0.3 is 0 Å². The van der Waals surface area contributed by atoms with Gasteiger partial charge in [-0.05, 0) is 50.3 Å². The molecule has 2 N–H and O–H groups in total. The number of rotatable bonds is 7. The molecule has 0 spiro atoms. The zero-order chi connectivity index (χ0) is 22.9. The maximum atomic E-state index is 14.6. The number of likely N-dealkylation sites (tertiary alicyclic amines) is 1. The van der Waals surface area contributed by atoms with E-state index >= 15 is 0 Å². The smallest absolute Gasteiger partial charge is 0.257 e. The number of aromatic nitrogens is 2. The van der Waals surface area contributed by atoms with Crippen molar-refractivity contribution in [3.05, 3.63) is 52.6 Å². The lowest BCUT2D eigenvalue weighted by atomic mass is 9.87. The van der Waals surface area contributed by atoms with Gasteiger partial charge in [0.15, 0.2) is 0 Å². The Labute approximate surface area is 185 Å². The van der Waals surface area contributed by atoms with Crippen LogP contribution in [0.25, 0.3) is 0 Å². The number of piperidine rings is 1. The van der Waals surface area contributed by atoms with Gasteiger partial charge in [-0.3, -0.25) is 14.5 Å². The third-order valence-corrected chi connectivity index (χ3v) is 6.39. The third kappa shape index (κ3) is 5.15. The van der Waals surface area contributed by atoms with Crippen LogP contribution in [0, 0.1) is 5.92 Å². The van der Waals surface area contributed by atoms with Gasteiger partial charge < -0.3 is 15.0 Å². The van der Waals surface area contributed by atoms with Crippen molar-refractivity contribution in [2.75, 3.05) is 18.4 Å². The molecular formula is C23H28F2N4O3. The molecule has 1 aliphatic heterocycles. The van der Waals surface area contributed by atoms with Crippen molar-refractivity contribution < 1.29 is 18.3 Å². The van der Waals surface area contributed by atoms with E-state index in [9.17, 15) is 18.4 Å². The second kappa shape index (κ2) is 8.97. The minimum atomic E-state index is -2.92. The topological polar surface area (TPSA) is 87.3 Å². The van der Waals surface area contributed by atoms with Crippen molar-refractivity contribution in [2.24, 2.45) is 5.92 Å². The van der Waals surface area contributed by atoms with E-state index in [1.807, 2.05) is 6.92 Å². The number of amides is 1. The molecule has 2 unspecified atom stereocenters. The van der Waals surface area contributed by atoms with Crippen LogP contribution in [0.5, 0.6) is 5.75 Å². The molecule has 2 fully saturated rings. The number of nitrogens with one attached hydrogen (secondary N) is 2. The molecule has 0 bridgehead atoms. The zero-order valence-corrected chi connectivity index (χ0v) is 18.2. The van der Waals surface area contributed by atoms with Crippen LogP contribution in [0.3, 0.4) is 0 Å². The Morgan fingerprint density at radius 1 is 1.28 bits per heavy atom. The molecule has 4 rings (SSSR count). The number of halogens is 2. The predicted molar refractivity (Wildman–Crippen MR) is 116 cm³/mol. The lowest BCUT2D eigenvalue weighted by Crippen LogP contribution is -2.52. The quantitative estimate of drug-likeness (QED) is 0.681. The summed E-state index contributed by atoms with van der Waals surface area (Å²) >= 11 is 0. The number of hydrogen-bond acceptors (Lipinski definition) is 5. The fourth-order valence-corrected chi connectivity index (χ4v) is 4.06. The Hall–Kier alpha value is -2.81. The minimum Gasteiger partial charge on any atom is -0.489 e. The van der Waals surface area contributed by atoms with Gasteiger partial charge in [0.2, 0.25) is 11.5 Å². The first-order valence-electron chi connectivity index (χ1n) is 11.0. The molecule has 172 valence electrons. The molecule has 2 aromatic rings. The van der Waals surface area contributed by atoms with E-state index in [4.69, 9.17) is 4.74 Å². The lowest BCUT2D eigenvalue weighted by molar-refractivity contribution is -0.125. The summed E-state index contributed by atoms with van der Waals surface area (Å²) in [6.07, 6.45) is 5.06. The number of aromatic amines is 1. The molecule has 2 aliphatic rings. The van der Waals surface area contributed by atoms with Gasteiger partial charge in [0, 0.05) is 31.8 Å². The average Bonchev–Trinajstić information content (AvgIpc) is 3.61. The van der Waals surface area contributed by atoms with Gasteiger partial charge in [-0.2, -0.15) is 0 Å². The molecule has 0 radical (unpaired) electrons. The van der Waals surface area contributed by atoms with E-state index < -0.39 is 17.9 Å². The lowest BCUT2D eigenvalue weighted by Gasteiger charge is -2.40. The average molecular weight is 446 g/mol. The molecule has 0 aromatic carbocycles. The highest BCUT2D eigenvalue weighted by Gasteiger charge is 2.46. The summed E-state index contributed by atoms with van der Waals surface area (Å²) in [5.41, 5.74) is 0.00739. The summed E-state index contributed by atoms with van der Waals surface area (Å²) in [5.74, 6) is -2.70. The molecular weight excluding hydrogens is 418 g/mol. The van der Waals surface area contributed by atoms with Gasteiger partial charge in [0.1, 0.15) is 11.6 Å². The number of anilines is 1. The summed E-state index contributed by atoms with van der Waals surface area (Å²) in [5, 5.41) is 2.76. The van der Waals surface area contributed by atoms with Crippen LogP contribution in [0.2, 0.25) is 0 Å². The number of carbonyl (C=O) groups is 1. The van der Waals surface area contributed by atoms with Crippen LogP contribution in [0.15, 0.2) is 41.5 Å². The van der Waals surface area contributed by atoms with Crippen molar-refractivity contribution in [2.45, 2.75) is 57.1 Å². The molecule has 3 heterocycles. The number of pyridine rings is 2. The van der Waals surface area contributed by atoms with E-state index in [2.05, 4.69) is 15.3 Å². The molecule has 3 atom stereocenters. The second-order valence-electron chi connectivity index (χ2n) is 8.75. The monoisotopic (exact) mass is 446 g/mol. The van der Waals surface area contributed by atoms with Crippen LogP contribution in [0.4, 0.5) is 14.6 Å². The largest absolute Gasteiger partial charge is 0.489 e. The molecule has 1 amide bonds. The summed E-state index contributed by atoms with van der Waals surface area (Å²) in [7, 11) is 0. The maximum Gasteiger partial charge on any atom is 0.257 e. The molecule has 1 saturated carbocycles. The first kappa shape index (κ1) is 22.4. The molecule has 1 aliphatic carbocycles. The summed E-state index contributed by atoms with van der Waals surface area (Å²) in [4.78, 5) is 32.5. The van der Waals surface area contributed by atoms with Crippen molar-refractivity contribution in [3.8, 4) is 5.75 Å². The van der Waals surface area contributed by atoms with Crippen LogP contribution < -0.4 is 15.6 Å². The zero-order valence-electron chi connectivity index (χ0n) is 18.2. The maximum absolute atomic E-state index is 14.6. The standard InChI is InChI=1S/C23H28F2N4O3/c1-14(22(31)28-20-7-6-18(12-26-20)32-15(2)16-3-4-16)29-10-9-23(24,25)19(13-29)17-5-8-21(30)27-11-17/h5-8,11-12,14-16,19H,3-4,9-10,13H2,1-2H3,(H,27,30)(H,26,28,31)/t14?,15?,19-/m1/s1. The Bertz CT molecular complexity index is 987. The summed E-state index contributed by atoms with van der Waals surface area (Å²) < 4.78 is 35.0. The van der Waals surface area contributed by atoms with Crippen LogP contribution in [0.1, 0.15) is 44.6 Å².